The van der Waals surface area contributed by atoms with Crippen molar-refractivity contribution in [2.24, 2.45) is 0 Å². The fourth-order valence-electron chi connectivity index (χ4n) is 3.50. The summed E-state index contributed by atoms with van der Waals surface area (Å²) >= 11 is 1.95. The van der Waals surface area contributed by atoms with Crippen LogP contribution in [0.5, 0.6) is 0 Å². The summed E-state index contributed by atoms with van der Waals surface area (Å²) in [5.74, 6) is 2.06. The van der Waals surface area contributed by atoms with Crippen LogP contribution < -0.4 is 0 Å². The zero-order chi connectivity index (χ0) is 20.5. The highest BCUT2D eigenvalue weighted by Crippen LogP contribution is 2.24. The highest BCUT2D eigenvalue weighted by molar-refractivity contribution is 7.98. The molecule has 0 unspecified atom stereocenters. The minimum Gasteiger partial charge on any atom is -0.374 e. The number of pyridine rings is 1. The number of hydrogen-bond acceptors (Lipinski definition) is 5. The Morgan fingerprint density at radius 2 is 1.52 bits per heavy atom. The van der Waals surface area contributed by atoms with Crippen LogP contribution in [0.3, 0.4) is 0 Å². The topological polar surface area (TPSA) is 40.6 Å². The molecule has 3 aromatic rings. The standard InChI is InChI=1S/C23H31NO3SSi/c1-4-25-29(26-5-2,27-6-3)15-9-14-28-18-19-12-13-23-21(16-19)17-20-10-7-8-11-22(20)24-23/h7-8,10-13,16-17H,4-6,9,14-15,18H2,1-3H3. The third-order valence-electron chi connectivity index (χ3n) is 4.71. The summed E-state index contributed by atoms with van der Waals surface area (Å²) in [6.45, 7) is 7.93. The average molecular weight is 430 g/mol. The van der Waals surface area contributed by atoms with E-state index >= 15 is 0 Å². The van der Waals surface area contributed by atoms with Gasteiger partial charge in [-0.3, -0.25) is 0 Å². The van der Waals surface area contributed by atoms with Gasteiger partial charge in [0.1, 0.15) is 0 Å². The van der Waals surface area contributed by atoms with Gasteiger partial charge < -0.3 is 13.3 Å². The van der Waals surface area contributed by atoms with E-state index in [0.717, 1.165) is 35.0 Å². The first-order chi connectivity index (χ1) is 14.2. The highest BCUT2D eigenvalue weighted by Gasteiger charge is 2.39. The van der Waals surface area contributed by atoms with Crippen molar-refractivity contribution in [1.29, 1.82) is 0 Å². The Labute approximate surface area is 179 Å². The summed E-state index contributed by atoms with van der Waals surface area (Å²) in [5, 5.41) is 2.39. The van der Waals surface area contributed by atoms with Crippen molar-refractivity contribution < 1.29 is 13.3 Å². The molecule has 156 valence electrons. The van der Waals surface area contributed by atoms with Gasteiger partial charge in [-0.1, -0.05) is 24.3 Å². The highest BCUT2D eigenvalue weighted by atomic mass is 32.2. The maximum atomic E-state index is 5.94. The summed E-state index contributed by atoms with van der Waals surface area (Å²) in [6, 6.07) is 18.0. The van der Waals surface area contributed by atoms with Gasteiger partial charge >= 0.3 is 8.80 Å². The quantitative estimate of drug-likeness (QED) is 0.199. The SMILES string of the molecule is CCO[Si](CCCSCc1ccc2nc3ccccc3cc2c1)(OCC)OCC. The van der Waals surface area contributed by atoms with E-state index in [9.17, 15) is 0 Å². The van der Waals surface area contributed by atoms with Crippen molar-refractivity contribution >= 4 is 42.4 Å². The number of hydrogen-bond donors (Lipinski definition) is 0. The van der Waals surface area contributed by atoms with E-state index in [4.69, 9.17) is 18.3 Å². The Bertz CT molecular complexity index is 904. The van der Waals surface area contributed by atoms with Gasteiger partial charge in [-0.25, -0.2) is 4.98 Å². The predicted molar refractivity (Wildman–Crippen MR) is 125 cm³/mol. The van der Waals surface area contributed by atoms with Crippen LogP contribution in [0.25, 0.3) is 21.8 Å². The molecule has 0 saturated heterocycles. The number of aromatic nitrogens is 1. The second-order valence-electron chi connectivity index (χ2n) is 6.85. The van der Waals surface area contributed by atoms with Crippen molar-refractivity contribution in [3.05, 3.63) is 54.1 Å². The molecule has 6 heteroatoms. The Balaban J connectivity index is 1.55. The van der Waals surface area contributed by atoms with Gasteiger partial charge in [0.2, 0.25) is 0 Å². The van der Waals surface area contributed by atoms with Crippen LogP contribution in [-0.2, 0) is 19.0 Å². The number of thioether (sulfide) groups is 1. The number of fused-ring (bicyclic) bond motifs is 2. The van der Waals surface area contributed by atoms with Crippen LogP contribution >= 0.6 is 11.8 Å². The average Bonchev–Trinajstić information content (AvgIpc) is 2.72. The Morgan fingerprint density at radius 1 is 0.828 bits per heavy atom. The molecule has 0 saturated carbocycles. The molecule has 0 aliphatic heterocycles. The maximum Gasteiger partial charge on any atom is 0.500 e. The van der Waals surface area contributed by atoms with Crippen LogP contribution in [0, 0.1) is 0 Å². The Kier molecular flexibility index (Phi) is 8.50. The van der Waals surface area contributed by atoms with Crippen molar-refractivity contribution in [2.45, 2.75) is 39.0 Å². The molecule has 0 atom stereocenters. The third kappa shape index (κ3) is 6.02. The fourth-order valence-corrected chi connectivity index (χ4v) is 7.28. The summed E-state index contributed by atoms with van der Waals surface area (Å²) in [5.41, 5.74) is 3.44. The van der Waals surface area contributed by atoms with Gasteiger partial charge in [-0.15, -0.1) is 0 Å². The van der Waals surface area contributed by atoms with Crippen molar-refractivity contribution in [3.63, 3.8) is 0 Å². The zero-order valence-corrected chi connectivity index (χ0v) is 19.5. The number of benzene rings is 2. The smallest absolute Gasteiger partial charge is 0.374 e. The van der Waals surface area contributed by atoms with E-state index in [1.54, 1.807) is 0 Å². The van der Waals surface area contributed by atoms with Gasteiger partial charge in [0.05, 0.1) is 11.0 Å². The lowest BCUT2D eigenvalue weighted by molar-refractivity contribution is 0.0712. The van der Waals surface area contributed by atoms with E-state index in [2.05, 4.69) is 42.5 Å². The minimum absolute atomic E-state index is 0.638. The maximum absolute atomic E-state index is 5.94. The van der Waals surface area contributed by atoms with Gasteiger partial charge in [0.25, 0.3) is 0 Å². The first kappa shape index (κ1) is 22.2. The van der Waals surface area contributed by atoms with Crippen molar-refractivity contribution in [3.8, 4) is 0 Å². The summed E-state index contributed by atoms with van der Waals surface area (Å²) in [4.78, 5) is 4.76. The molecular formula is C23H31NO3SSi. The molecule has 0 spiro atoms. The van der Waals surface area contributed by atoms with E-state index in [-0.39, 0.29) is 0 Å². The number of rotatable bonds is 12. The molecule has 2 aromatic carbocycles. The van der Waals surface area contributed by atoms with E-state index in [0.29, 0.717) is 19.8 Å². The second-order valence-corrected chi connectivity index (χ2v) is 10.7. The van der Waals surface area contributed by atoms with Gasteiger partial charge in [-0.2, -0.15) is 11.8 Å². The first-order valence-electron chi connectivity index (χ1n) is 10.5. The monoisotopic (exact) mass is 429 g/mol. The molecule has 0 aliphatic carbocycles. The van der Waals surface area contributed by atoms with Gasteiger partial charge in [0.15, 0.2) is 0 Å². The summed E-state index contributed by atoms with van der Waals surface area (Å²) in [7, 11) is -2.51. The first-order valence-corrected chi connectivity index (χ1v) is 13.6. The molecule has 0 fully saturated rings. The molecule has 0 radical (unpaired) electrons. The van der Waals surface area contributed by atoms with E-state index in [1.165, 1.54) is 16.3 Å². The van der Waals surface area contributed by atoms with Crippen LogP contribution in [-0.4, -0.2) is 39.4 Å². The van der Waals surface area contributed by atoms with Crippen LogP contribution in [0.2, 0.25) is 6.04 Å². The molecule has 3 rings (SSSR count). The van der Waals surface area contributed by atoms with Crippen LogP contribution in [0.15, 0.2) is 48.5 Å². The summed E-state index contributed by atoms with van der Waals surface area (Å²) < 4.78 is 17.8. The lowest BCUT2D eigenvalue weighted by Crippen LogP contribution is -2.46. The molecule has 0 N–H and O–H groups in total. The van der Waals surface area contributed by atoms with Crippen LogP contribution in [0.4, 0.5) is 0 Å². The predicted octanol–water partition coefficient (Wildman–Crippen LogP) is 6.06. The Morgan fingerprint density at radius 3 is 2.24 bits per heavy atom. The van der Waals surface area contributed by atoms with E-state index in [1.807, 2.05) is 38.6 Å². The van der Waals surface area contributed by atoms with Gasteiger partial charge in [0, 0.05) is 42.4 Å². The molecule has 29 heavy (non-hydrogen) atoms. The molecule has 4 nitrogen and oxygen atoms in total. The van der Waals surface area contributed by atoms with Crippen molar-refractivity contribution in [1.82, 2.24) is 4.98 Å². The molecule has 1 heterocycles. The molecule has 0 aliphatic rings. The van der Waals surface area contributed by atoms with Crippen molar-refractivity contribution in [2.75, 3.05) is 25.6 Å². The molecular weight excluding hydrogens is 398 g/mol. The van der Waals surface area contributed by atoms with E-state index < -0.39 is 8.80 Å². The molecule has 1 aromatic heterocycles. The number of nitrogens with zero attached hydrogens (tertiary/aromatic N) is 1. The lowest BCUT2D eigenvalue weighted by atomic mass is 10.1. The largest absolute Gasteiger partial charge is 0.500 e. The lowest BCUT2D eigenvalue weighted by Gasteiger charge is -2.28. The van der Waals surface area contributed by atoms with Gasteiger partial charge in [-0.05, 0) is 62.8 Å². The third-order valence-corrected chi connectivity index (χ3v) is 8.98. The molecule has 0 amide bonds. The summed E-state index contributed by atoms with van der Waals surface area (Å²) in [6.07, 6.45) is 1.04. The molecule has 0 bridgehead atoms. The second kappa shape index (κ2) is 11.1. The zero-order valence-electron chi connectivity index (χ0n) is 17.6. The normalized spacial score (nSPS) is 12.1. The fraction of sp³-hybridized carbons (Fsp3) is 0.435. The number of para-hydroxylation sites is 1. The minimum atomic E-state index is -2.51. The van der Waals surface area contributed by atoms with Crippen LogP contribution in [0.1, 0.15) is 32.8 Å². The Hall–Kier alpha value is -1.44.